The molecule has 1 amide bonds. The number of nitrogens with one attached hydrogen (secondary N) is 1. The SMILES string of the molecule is O=C(O)C1CCC2CCCCC2N1C(=O)C1CNC1. The summed E-state index contributed by atoms with van der Waals surface area (Å²) in [5.74, 6) is -0.226. The number of hydrogen-bond donors (Lipinski definition) is 2. The first-order valence-corrected chi connectivity index (χ1v) is 7.44. The van der Waals surface area contributed by atoms with Gasteiger partial charge < -0.3 is 15.3 Å². The highest BCUT2D eigenvalue weighted by atomic mass is 16.4. The van der Waals surface area contributed by atoms with Crippen molar-refractivity contribution in [3.8, 4) is 0 Å². The van der Waals surface area contributed by atoms with Gasteiger partial charge in [-0.15, -0.1) is 0 Å². The molecule has 0 aromatic carbocycles. The number of carbonyl (C=O) groups excluding carboxylic acids is 1. The molecule has 0 spiro atoms. The molecule has 19 heavy (non-hydrogen) atoms. The van der Waals surface area contributed by atoms with Gasteiger partial charge in [0.1, 0.15) is 6.04 Å². The normalized spacial score (nSPS) is 35.4. The number of rotatable bonds is 2. The first kappa shape index (κ1) is 12.9. The van der Waals surface area contributed by atoms with Crippen LogP contribution in [0.5, 0.6) is 0 Å². The van der Waals surface area contributed by atoms with E-state index in [1.165, 1.54) is 6.42 Å². The van der Waals surface area contributed by atoms with E-state index in [4.69, 9.17) is 0 Å². The highest BCUT2D eigenvalue weighted by Crippen LogP contribution is 2.38. The lowest BCUT2D eigenvalue weighted by Crippen LogP contribution is -2.62. The highest BCUT2D eigenvalue weighted by molar-refractivity contribution is 5.86. The maximum atomic E-state index is 12.6. The minimum absolute atomic E-state index is 0.00234. The van der Waals surface area contributed by atoms with E-state index in [2.05, 4.69) is 5.32 Å². The van der Waals surface area contributed by atoms with Crippen LogP contribution in [0.1, 0.15) is 38.5 Å². The Morgan fingerprint density at radius 3 is 2.42 bits per heavy atom. The third-order valence-electron chi connectivity index (χ3n) is 5.04. The maximum absolute atomic E-state index is 12.6. The monoisotopic (exact) mass is 266 g/mol. The number of likely N-dealkylation sites (tertiary alicyclic amines) is 1. The average Bonchev–Trinajstić information content (AvgIpc) is 2.35. The van der Waals surface area contributed by atoms with Gasteiger partial charge in [0.25, 0.3) is 0 Å². The number of carboxylic acids is 1. The topological polar surface area (TPSA) is 69.6 Å². The summed E-state index contributed by atoms with van der Waals surface area (Å²) in [4.78, 5) is 25.8. The van der Waals surface area contributed by atoms with Crippen molar-refractivity contribution in [2.45, 2.75) is 50.6 Å². The van der Waals surface area contributed by atoms with E-state index in [1.54, 1.807) is 4.90 Å². The molecule has 0 bridgehead atoms. The van der Waals surface area contributed by atoms with Crippen LogP contribution in [0.4, 0.5) is 0 Å². The largest absolute Gasteiger partial charge is 0.480 e. The quantitative estimate of drug-likeness (QED) is 0.777. The van der Waals surface area contributed by atoms with E-state index < -0.39 is 12.0 Å². The summed E-state index contributed by atoms with van der Waals surface area (Å²) in [5, 5.41) is 12.5. The Balaban J connectivity index is 1.82. The van der Waals surface area contributed by atoms with Crippen LogP contribution in [0.25, 0.3) is 0 Å². The summed E-state index contributed by atoms with van der Waals surface area (Å²) in [6.45, 7) is 1.41. The Kier molecular flexibility index (Phi) is 3.48. The number of carbonyl (C=O) groups is 2. The van der Waals surface area contributed by atoms with Crippen molar-refractivity contribution in [3.63, 3.8) is 0 Å². The van der Waals surface area contributed by atoms with E-state index in [1.807, 2.05) is 0 Å². The Hall–Kier alpha value is -1.10. The minimum Gasteiger partial charge on any atom is -0.480 e. The summed E-state index contributed by atoms with van der Waals surface area (Å²) in [7, 11) is 0. The molecule has 0 radical (unpaired) electrons. The highest BCUT2D eigenvalue weighted by Gasteiger charge is 2.46. The van der Waals surface area contributed by atoms with Crippen LogP contribution < -0.4 is 5.32 Å². The standard InChI is InChI=1S/C14H22N2O3/c17-13(10-7-15-8-10)16-11-4-2-1-3-9(11)5-6-12(16)14(18)19/h9-12,15H,1-8H2,(H,18,19). The summed E-state index contributed by atoms with van der Waals surface area (Å²) >= 11 is 0. The van der Waals surface area contributed by atoms with Gasteiger partial charge in [0.2, 0.25) is 5.91 Å². The molecule has 3 unspecified atom stereocenters. The second-order valence-corrected chi connectivity index (χ2v) is 6.14. The Labute approximate surface area is 113 Å². The van der Waals surface area contributed by atoms with Crippen LogP contribution >= 0.6 is 0 Å². The van der Waals surface area contributed by atoms with E-state index in [0.717, 1.165) is 25.7 Å². The number of hydrogen-bond acceptors (Lipinski definition) is 3. The van der Waals surface area contributed by atoms with Crippen molar-refractivity contribution in [3.05, 3.63) is 0 Å². The lowest BCUT2D eigenvalue weighted by molar-refractivity contribution is -0.161. The van der Waals surface area contributed by atoms with Crippen molar-refractivity contribution in [2.24, 2.45) is 11.8 Å². The van der Waals surface area contributed by atoms with Gasteiger partial charge in [0.05, 0.1) is 5.92 Å². The van der Waals surface area contributed by atoms with E-state index in [0.29, 0.717) is 25.4 Å². The first-order valence-electron chi connectivity index (χ1n) is 7.44. The molecule has 2 N–H and O–H groups in total. The van der Waals surface area contributed by atoms with Crippen LogP contribution in [0, 0.1) is 11.8 Å². The molecule has 3 fully saturated rings. The van der Waals surface area contributed by atoms with E-state index in [-0.39, 0.29) is 17.9 Å². The van der Waals surface area contributed by atoms with Crippen LogP contribution in [-0.2, 0) is 9.59 Å². The van der Waals surface area contributed by atoms with Crippen molar-refractivity contribution < 1.29 is 14.7 Å². The number of carboxylic acid groups (broad SMARTS) is 1. The van der Waals surface area contributed by atoms with E-state index >= 15 is 0 Å². The Bertz CT molecular complexity index is 381. The van der Waals surface area contributed by atoms with Crippen molar-refractivity contribution >= 4 is 11.9 Å². The summed E-state index contributed by atoms with van der Waals surface area (Å²) in [6.07, 6.45) is 6.09. The Morgan fingerprint density at radius 1 is 1.05 bits per heavy atom. The molecule has 3 aliphatic rings. The predicted molar refractivity (Wildman–Crippen MR) is 69.6 cm³/mol. The van der Waals surface area contributed by atoms with Gasteiger partial charge in [0.15, 0.2) is 0 Å². The average molecular weight is 266 g/mol. The van der Waals surface area contributed by atoms with Gasteiger partial charge in [-0.25, -0.2) is 4.79 Å². The Morgan fingerprint density at radius 2 is 1.79 bits per heavy atom. The molecule has 3 atom stereocenters. The summed E-state index contributed by atoms with van der Waals surface area (Å²) < 4.78 is 0. The number of fused-ring (bicyclic) bond motifs is 1. The van der Waals surface area contributed by atoms with Gasteiger partial charge >= 0.3 is 5.97 Å². The van der Waals surface area contributed by atoms with Crippen LogP contribution in [-0.4, -0.2) is 47.1 Å². The van der Waals surface area contributed by atoms with Crippen molar-refractivity contribution in [1.29, 1.82) is 0 Å². The number of nitrogens with zero attached hydrogens (tertiary/aromatic N) is 1. The molecule has 2 heterocycles. The fraction of sp³-hybridized carbons (Fsp3) is 0.857. The third-order valence-corrected chi connectivity index (χ3v) is 5.04. The van der Waals surface area contributed by atoms with Crippen LogP contribution in [0.2, 0.25) is 0 Å². The van der Waals surface area contributed by atoms with Crippen molar-refractivity contribution in [2.75, 3.05) is 13.1 Å². The van der Waals surface area contributed by atoms with Gasteiger partial charge in [-0.05, 0) is 31.6 Å². The fourth-order valence-corrected chi connectivity index (χ4v) is 3.87. The second-order valence-electron chi connectivity index (χ2n) is 6.14. The molecular weight excluding hydrogens is 244 g/mol. The molecule has 2 saturated heterocycles. The molecule has 1 aliphatic carbocycles. The number of amides is 1. The molecule has 5 nitrogen and oxygen atoms in total. The van der Waals surface area contributed by atoms with Gasteiger partial charge in [-0.3, -0.25) is 4.79 Å². The molecule has 106 valence electrons. The summed E-state index contributed by atoms with van der Waals surface area (Å²) in [5.41, 5.74) is 0. The van der Waals surface area contributed by atoms with Gasteiger partial charge in [-0.1, -0.05) is 12.8 Å². The minimum atomic E-state index is -0.829. The second kappa shape index (κ2) is 5.12. The summed E-state index contributed by atoms with van der Waals surface area (Å²) in [6, 6.07) is -0.413. The van der Waals surface area contributed by atoms with Crippen LogP contribution in [0.15, 0.2) is 0 Å². The number of piperidine rings is 1. The molecule has 5 heteroatoms. The fourth-order valence-electron chi connectivity index (χ4n) is 3.87. The van der Waals surface area contributed by atoms with Crippen molar-refractivity contribution in [1.82, 2.24) is 10.2 Å². The first-order chi connectivity index (χ1) is 9.18. The third kappa shape index (κ3) is 2.24. The zero-order chi connectivity index (χ0) is 13.4. The van der Waals surface area contributed by atoms with Gasteiger partial charge in [-0.2, -0.15) is 0 Å². The predicted octanol–water partition coefficient (Wildman–Crippen LogP) is 0.840. The zero-order valence-electron chi connectivity index (χ0n) is 11.2. The number of aliphatic carboxylic acids is 1. The molecule has 1 saturated carbocycles. The molecule has 2 aliphatic heterocycles. The van der Waals surface area contributed by atoms with Gasteiger partial charge in [0, 0.05) is 19.1 Å². The maximum Gasteiger partial charge on any atom is 0.326 e. The lowest BCUT2D eigenvalue weighted by Gasteiger charge is -2.49. The zero-order valence-corrected chi connectivity index (χ0v) is 11.2. The molecular formula is C14H22N2O3. The smallest absolute Gasteiger partial charge is 0.326 e. The molecule has 3 rings (SSSR count). The van der Waals surface area contributed by atoms with Crippen LogP contribution in [0.3, 0.4) is 0 Å². The lowest BCUT2D eigenvalue weighted by atomic mass is 9.75. The van der Waals surface area contributed by atoms with E-state index in [9.17, 15) is 14.7 Å². The molecule has 0 aromatic heterocycles. The molecule has 0 aromatic rings.